The number of hydrogen-bond donors (Lipinski definition) is 3. The Morgan fingerprint density at radius 1 is 1.24 bits per heavy atom. The summed E-state index contributed by atoms with van der Waals surface area (Å²) in [5.74, 6) is -1.16. The second-order valence-electron chi connectivity index (χ2n) is 4.33. The molecule has 0 radical (unpaired) electrons. The fraction of sp³-hybridized carbons (Fsp3) is 0.385. The average molecular weight is 295 g/mol. The van der Waals surface area contributed by atoms with Gasteiger partial charge >= 0.3 is 5.97 Å². The van der Waals surface area contributed by atoms with Crippen molar-refractivity contribution in [3.05, 3.63) is 34.4 Å². The molecule has 0 saturated carbocycles. The Hall–Kier alpha value is -2.64. The molecule has 114 valence electrons. The van der Waals surface area contributed by atoms with E-state index in [2.05, 4.69) is 10.6 Å². The molecule has 8 heteroatoms. The van der Waals surface area contributed by atoms with Crippen LogP contribution in [0.25, 0.3) is 0 Å². The number of nitro benzene ring substituents is 1. The Morgan fingerprint density at radius 3 is 2.62 bits per heavy atom. The fourth-order valence-electron chi connectivity index (χ4n) is 1.65. The molecular formula is C13H17N3O5. The molecule has 0 fully saturated rings. The maximum absolute atomic E-state index is 11.5. The Kier molecular flexibility index (Phi) is 6.66. The Bertz CT molecular complexity index is 518. The zero-order valence-corrected chi connectivity index (χ0v) is 11.4. The first kappa shape index (κ1) is 16.4. The van der Waals surface area contributed by atoms with Gasteiger partial charge in [-0.2, -0.15) is 0 Å². The molecule has 0 heterocycles. The molecule has 1 amide bonds. The van der Waals surface area contributed by atoms with E-state index in [9.17, 15) is 19.7 Å². The number of carbonyl (C=O) groups is 2. The van der Waals surface area contributed by atoms with Crippen molar-refractivity contribution in [3.8, 4) is 0 Å². The summed E-state index contributed by atoms with van der Waals surface area (Å²) in [6.07, 6.45) is 1.14. The number of carboxylic acids is 1. The summed E-state index contributed by atoms with van der Waals surface area (Å²) in [5, 5.41) is 24.5. The van der Waals surface area contributed by atoms with Crippen LogP contribution in [-0.2, 0) is 9.59 Å². The van der Waals surface area contributed by atoms with Crippen molar-refractivity contribution >= 4 is 23.3 Å². The molecule has 1 aromatic carbocycles. The van der Waals surface area contributed by atoms with Crippen molar-refractivity contribution in [2.24, 2.45) is 0 Å². The van der Waals surface area contributed by atoms with Crippen LogP contribution in [0.4, 0.5) is 11.4 Å². The summed E-state index contributed by atoms with van der Waals surface area (Å²) in [6, 6.07) is 6.06. The zero-order valence-electron chi connectivity index (χ0n) is 11.4. The van der Waals surface area contributed by atoms with Gasteiger partial charge in [0.1, 0.15) is 5.69 Å². The van der Waals surface area contributed by atoms with Gasteiger partial charge in [0.2, 0.25) is 5.91 Å². The van der Waals surface area contributed by atoms with E-state index in [0.29, 0.717) is 19.4 Å². The summed E-state index contributed by atoms with van der Waals surface area (Å²) in [6.45, 7) is 0.300. The molecule has 0 atom stereocenters. The van der Waals surface area contributed by atoms with Crippen molar-refractivity contribution in [2.75, 3.05) is 18.4 Å². The molecule has 0 spiro atoms. The van der Waals surface area contributed by atoms with Crippen LogP contribution in [0.5, 0.6) is 0 Å². The number of nitro groups is 1. The van der Waals surface area contributed by atoms with Crippen LogP contribution in [0.15, 0.2) is 24.3 Å². The van der Waals surface area contributed by atoms with Crippen LogP contribution in [0.3, 0.4) is 0 Å². The van der Waals surface area contributed by atoms with Crippen LogP contribution < -0.4 is 10.6 Å². The molecule has 1 rings (SSSR count). The molecular weight excluding hydrogens is 278 g/mol. The second-order valence-corrected chi connectivity index (χ2v) is 4.33. The molecule has 8 nitrogen and oxygen atoms in total. The average Bonchev–Trinajstić information content (AvgIpc) is 2.44. The van der Waals surface area contributed by atoms with Crippen molar-refractivity contribution in [3.63, 3.8) is 0 Å². The van der Waals surface area contributed by atoms with E-state index in [-0.39, 0.29) is 30.2 Å². The molecule has 0 aliphatic heterocycles. The minimum atomic E-state index is -0.862. The number of unbranched alkanes of at least 4 members (excludes halogenated alkanes) is 1. The molecule has 0 aromatic heterocycles. The maximum Gasteiger partial charge on any atom is 0.303 e. The lowest BCUT2D eigenvalue weighted by atomic mass is 10.2. The highest BCUT2D eigenvalue weighted by Crippen LogP contribution is 2.22. The van der Waals surface area contributed by atoms with E-state index in [1.54, 1.807) is 12.1 Å². The number of carboxylic acid groups (broad SMARTS) is 1. The summed E-state index contributed by atoms with van der Waals surface area (Å²) in [7, 11) is 0. The minimum absolute atomic E-state index is 0.0737. The Labute approximate surface area is 121 Å². The zero-order chi connectivity index (χ0) is 15.7. The van der Waals surface area contributed by atoms with Crippen LogP contribution in [0, 0.1) is 10.1 Å². The minimum Gasteiger partial charge on any atom is -0.481 e. The van der Waals surface area contributed by atoms with E-state index in [1.165, 1.54) is 12.1 Å². The van der Waals surface area contributed by atoms with E-state index < -0.39 is 10.9 Å². The Balaban J connectivity index is 2.30. The third-order valence-electron chi connectivity index (χ3n) is 2.68. The van der Waals surface area contributed by atoms with E-state index in [1.807, 2.05) is 0 Å². The van der Waals surface area contributed by atoms with Gasteiger partial charge in [-0.3, -0.25) is 19.7 Å². The van der Waals surface area contributed by atoms with Gasteiger partial charge in [-0.15, -0.1) is 0 Å². The van der Waals surface area contributed by atoms with Crippen molar-refractivity contribution in [1.29, 1.82) is 0 Å². The first-order valence-corrected chi connectivity index (χ1v) is 6.46. The molecule has 0 unspecified atom stereocenters. The normalized spacial score (nSPS) is 9.90. The lowest BCUT2D eigenvalue weighted by molar-refractivity contribution is -0.383. The van der Waals surface area contributed by atoms with Gasteiger partial charge in [0.05, 0.1) is 11.5 Å². The first-order chi connectivity index (χ1) is 10.0. The van der Waals surface area contributed by atoms with Gasteiger partial charge in [0.25, 0.3) is 5.69 Å². The van der Waals surface area contributed by atoms with Crippen molar-refractivity contribution in [2.45, 2.75) is 19.3 Å². The van der Waals surface area contributed by atoms with Gasteiger partial charge in [0.15, 0.2) is 0 Å². The summed E-state index contributed by atoms with van der Waals surface area (Å²) >= 11 is 0. The topological polar surface area (TPSA) is 122 Å². The van der Waals surface area contributed by atoms with Crippen molar-refractivity contribution in [1.82, 2.24) is 5.32 Å². The van der Waals surface area contributed by atoms with Crippen LogP contribution in [-0.4, -0.2) is 35.0 Å². The molecule has 0 aliphatic rings. The first-order valence-electron chi connectivity index (χ1n) is 6.46. The predicted molar refractivity (Wildman–Crippen MR) is 76.1 cm³/mol. The van der Waals surface area contributed by atoms with Gasteiger partial charge in [-0.25, -0.2) is 0 Å². The molecule has 0 saturated heterocycles. The predicted octanol–water partition coefficient (Wildman–Crippen LogP) is 1.38. The highest BCUT2D eigenvalue weighted by molar-refractivity contribution is 5.81. The third kappa shape index (κ3) is 6.37. The van der Waals surface area contributed by atoms with Crippen LogP contribution >= 0.6 is 0 Å². The summed E-state index contributed by atoms with van der Waals surface area (Å²) < 4.78 is 0. The van der Waals surface area contributed by atoms with Gasteiger partial charge in [0, 0.05) is 19.0 Å². The SMILES string of the molecule is O=C(O)CCCCNC(=O)CNc1ccccc1[N+](=O)[O-]. The number of rotatable bonds is 9. The highest BCUT2D eigenvalue weighted by atomic mass is 16.6. The van der Waals surface area contributed by atoms with E-state index in [4.69, 9.17) is 5.11 Å². The number of nitrogens with zero attached hydrogens (tertiary/aromatic N) is 1. The van der Waals surface area contributed by atoms with Gasteiger partial charge < -0.3 is 15.7 Å². The fourth-order valence-corrected chi connectivity index (χ4v) is 1.65. The number of carbonyl (C=O) groups excluding carboxylic acids is 1. The maximum atomic E-state index is 11.5. The summed E-state index contributed by atoms with van der Waals surface area (Å²) in [5.41, 5.74) is 0.190. The van der Waals surface area contributed by atoms with Crippen LogP contribution in [0.2, 0.25) is 0 Å². The lowest BCUT2D eigenvalue weighted by Crippen LogP contribution is -2.30. The number of benzene rings is 1. The standard InChI is InChI=1S/C13H17N3O5/c17-12(14-8-4-3-7-13(18)19)9-15-10-5-1-2-6-11(10)16(20)21/h1-2,5-6,15H,3-4,7-9H2,(H,14,17)(H,18,19). The molecule has 3 N–H and O–H groups in total. The molecule has 21 heavy (non-hydrogen) atoms. The number of anilines is 1. The number of hydrogen-bond acceptors (Lipinski definition) is 5. The highest BCUT2D eigenvalue weighted by Gasteiger charge is 2.12. The van der Waals surface area contributed by atoms with Gasteiger partial charge in [-0.05, 0) is 18.9 Å². The van der Waals surface area contributed by atoms with Gasteiger partial charge in [-0.1, -0.05) is 12.1 Å². The monoisotopic (exact) mass is 295 g/mol. The second kappa shape index (κ2) is 8.51. The Morgan fingerprint density at radius 2 is 1.95 bits per heavy atom. The summed E-state index contributed by atoms with van der Waals surface area (Å²) in [4.78, 5) is 32.1. The number of amides is 1. The smallest absolute Gasteiger partial charge is 0.303 e. The third-order valence-corrected chi connectivity index (χ3v) is 2.68. The number of aliphatic carboxylic acids is 1. The number of nitrogens with one attached hydrogen (secondary N) is 2. The molecule has 0 aliphatic carbocycles. The van der Waals surface area contributed by atoms with E-state index >= 15 is 0 Å². The number of para-hydroxylation sites is 2. The quantitative estimate of drug-likeness (QED) is 0.359. The largest absolute Gasteiger partial charge is 0.481 e. The van der Waals surface area contributed by atoms with Crippen LogP contribution in [0.1, 0.15) is 19.3 Å². The van der Waals surface area contributed by atoms with E-state index in [0.717, 1.165) is 0 Å². The molecule has 0 bridgehead atoms. The molecule has 1 aromatic rings. The van der Waals surface area contributed by atoms with Crippen molar-refractivity contribution < 1.29 is 19.6 Å². The lowest BCUT2D eigenvalue weighted by Gasteiger charge is -2.07.